The van der Waals surface area contributed by atoms with Crippen LogP contribution in [0.4, 0.5) is 0 Å². The standard InChI is InChI=1S/C25H23NO4/c27-17-25(29)20-10-9-19-13-22(28)16-26(15-21(19)12-20)14-18-5-4-8-24(11-18)30-23-6-2-1-3-7-23/h1-12,27H,13-17H2. The van der Waals surface area contributed by atoms with Crippen LogP contribution in [-0.4, -0.2) is 34.7 Å². The summed E-state index contributed by atoms with van der Waals surface area (Å²) in [5.41, 5.74) is 3.42. The van der Waals surface area contributed by atoms with E-state index in [2.05, 4.69) is 4.90 Å². The zero-order valence-electron chi connectivity index (χ0n) is 16.6. The molecule has 152 valence electrons. The third kappa shape index (κ3) is 4.82. The zero-order chi connectivity index (χ0) is 20.9. The molecule has 3 aromatic rings. The molecular formula is C25H23NO4. The lowest BCUT2D eigenvalue weighted by Gasteiger charge is -2.20. The molecule has 0 bridgehead atoms. The number of aliphatic hydroxyl groups excluding tert-OH is 1. The highest BCUT2D eigenvalue weighted by Crippen LogP contribution is 2.24. The van der Waals surface area contributed by atoms with Crippen molar-refractivity contribution in [3.8, 4) is 11.5 Å². The summed E-state index contributed by atoms with van der Waals surface area (Å²) in [6.45, 7) is 0.990. The molecule has 1 aliphatic heterocycles. The molecular weight excluding hydrogens is 378 g/mol. The maximum absolute atomic E-state index is 12.5. The number of nitrogens with zero attached hydrogens (tertiary/aromatic N) is 1. The van der Waals surface area contributed by atoms with Gasteiger partial charge in [-0.25, -0.2) is 0 Å². The van der Waals surface area contributed by atoms with Gasteiger partial charge in [-0.1, -0.05) is 42.5 Å². The predicted octanol–water partition coefficient (Wildman–Crippen LogP) is 3.78. The number of para-hydroxylation sites is 1. The van der Waals surface area contributed by atoms with Crippen molar-refractivity contribution in [1.29, 1.82) is 0 Å². The first kappa shape index (κ1) is 20.0. The molecule has 4 rings (SSSR count). The van der Waals surface area contributed by atoms with Crippen molar-refractivity contribution in [2.75, 3.05) is 13.2 Å². The normalized spacial score (nSPS) is 14.1. The predicted molar refractivity (Wildman–Crippen MR) is 114 cm³/mol. The molecule has 0 amide bonds. The third-order valence-electron chi connectivity index (χ3n) is 5.14. The topological polar surface area (TPSA) is 66.8 Å². The molecule has 1 N–H and O–H groups in total. The number of rotatable bonds is 6. The molecule has 1 heterocycles. The number of aliphatic hydroxyl groups is 1. The molecule has 0 atom stereocenters. The molecule has 0 aromatic heterocycles. The van der Waals surface area contributed by atoms with Crippen LogP contribution in [0.5, 0.6) is 11.5 Å². The van der Waals surface area contributed by atoms with Gasteiger partial charge in [0, 0.05) is 25.1 Å². The van der Waals surface area contributed by atoms with Crippen molar-refractivity contribution in [3.05, 3.63) is 95.1 Å². The van der Waals surface area contributed by atoms with Gasteiger partial charge < -0.3 is 9.84 Å². The molecule has 1 aliphatic rings. The van der Waals surface area contributed by atoms with Gasteiger partial charge in [-0.2, -0.15) is 0 Å². The van der Waals surface area contributed by atoms with Crippen molar-refractivity contribution in [2.24, 2.45) is 0 Å². The minimum atomic E-state index is -0.518. The summed E-state index contributed by atoms with van der Waals surface area (Å²) in [6.07, 6.45) is 0.358. The van der Waals surface area contributed by atoms with Crippen LogP contribution >= 0.6 is 0 Å². The van der Waals surface area contributed by atoms with Crippen LogP contribution in [0.2, 0.25) is 0 Å². The molecule has 0 aliphatic carbocycles. The van der Waals surface area contributed by atoms with E-state index in [1.54, 1.807) is 12.1 Å². The average Bonchev–Trinajstić information content (AvgIpc) is 2.90. The fourth-order valence-electron chi connectivity index (χ4n) is 3.73. The van der Waals surface area contributed by atoms with E-state index in [1.165, 1.54) is 0 Å². The summed E-state index contributed by atoms with van der Waals surface area (Å²) >= 11 is 0. The lowest BCUT2D eigenvalue weighted by Crippen LogP contribution is -2.27. The Morgan fingerprint density at radius 2 is 1.70 bits per heavy atom. The summed E-state index contributed by atoms with van der Waals surface area (Å²) in [5.74, 6) is 1.35. The summed E-state index contributed by atoms with van der Waals surface area (Å²) < 4.78 is 5.92. The number of hydrogen-bond donors (Lipinski definition) is 1. The highest BCUT2D eigenvalue weighted by molar-refractivity contribution is 5.97. The van der Waals surface area contributed by atoms with E-state index in [0.29, 0.717) is 31.6 Å². The Balaban J connectivity index is 1.52. The van der Waals surface area contributed by atoms with Crippen LogP contribution in [0.25, 0.3) is 0 Å². The minimum Gasteiger partial charge on any atom is -0.457 e. The van der Waals surface area contributed by atoms with E-state index >= 15 is 0 Å². The van der Waals surface area contributed by atoms with E-state index in [0.717, 1.165) is 28.2 Å². The summed E-state index contributed by atoms with van der Waals surface area (Å²) in [5, 5.41) is 9.14. The molecule has 0 fully saturated rings. The van der Waals surface area contributed by atoms with Gasteiger partial charge >= 0.3 is 0 Å². The molecule has 5 nitrogen and oxygen atoms in total. The monoisotopic (exact) mass is 401 g/mol. The number of hydrogen-bond acceptors (Lipinski definition) is 5. The summed E-state index contributed by atoms with van der Waals surface area (Å²) in [4.78, 5) is 26.4. The highest BCUT2D eigenvalue weighted by atomic mass is 16.5. The molecule has 0 saturated carbocycles. The van der Waals surface area contributed by atoms with Crippen molar-refractivity contribution >= 4 is 11.6 Å². The molecule has 3 aromatic carbocycles. The Morgan fingerprint density at radius 1 is 0.900 bits per heavy atom. The van der Waals surface area contributed by atoms with Crippen molar-refractivity contribution in [3.63, 3.8) is 0 Å². The van der Waals surface area contributed by atoms with E-state index in [9.17, 15) is 9.59 Å². The van der Waals surface area contributed by atoms with Gasteiger partial charge in [0.2, 0.25) is 0 Å². The Labute approximate surface area is 175 Å². The van der Waals surface area contributed by atoms with Crippen molar-refractivity contribution in [2.45, 2.75) is 19.5 Å². The van der Waals surface area contributed by atoms with Gasteiger partial charge in [-0.05, 0) is 47.0 Å². The van der Waals surface area contributed by atoms with E-state index in [-0.39, 0.29) is 11.6 Å². The third-order valence-corrected chi connectivity index (χ3v) is 5.14. The number of ether oxygens (including phenoxy) is 1. The second-order valence-corrected chi connectivity index (χ2v) is 7.49. The number of benzene rings is 3. The fourth-order valence-corrected chi connectivity index (χ4v) is 3.73. The quantitative estimate of drug-likeness (QED) is 0.637. The summed E-state index contributed by atoms with van der Waals surface area (Å²) in [6, 6.07) is 22.8. The smallest absolute Gasteiger partial charge is 0.188 e. The molecule has 30 heavy (non-hydrogen) atoms. The molecule has 5 heteroatoms. The average molecular weight is 401 g/mol. The van der Waals surface area contributed by atoms with E-state index in [4.69, 9.17) is 9.84 Å². The SMILES string of the molecule is O=C1Cc2ccc(C(=O)CO)cc2CN(Cc2cccc(Oc3ccccc3)c2)C1. The first-order valence-corrected chi connectivity index (χ1v) is 9.92. The van der Waals surface area contributed by atoms with Gasteiger partial charge in [0.1, 0.15) is 18.1 Å². The van der Waals surface area contributed by atoms with E-state index in [1.807, 2.05) is 60.7 Å². The van der Waals surface area contributed by atoms with Gasteiger partial charge in [0.25, 0.3) is 0 Å². The number of carbonyl (C=O) groups is 2. The highest BCUT2D eigenvalue weighted by Gasteiger charge is 2.21. The van der Waals surface area contributed by atoms with Crippen LogP contribution in [-0.2, 0) is 24.3 Å². The lowest BCUT2D eigenvalue weighted by molar-refractivity contribution is -0.119. The largest absolute Gasteiger partial charge is 0.457 e. The van der Waals surface area contributed by atoms with Crippen molar-refractivity contribution in [1.82, 2.24) is 4.90 Å². The second-order valence-electron chi connectivity index (χ2n) is 7.49. The number of fused-ring (bicyclic) bond motifs is 1. The molecule has 0 spiro atoms. The number of carbonyl (C=O) groups excluding carboxylic acids is 2. The van der Waals surface area contributed by atoms with Gasteiger partial charge in [0.05, 0.1) is 6.54 Å². The van der Waals surface area contributed by atoms with Crippen LogP contribution in [0.3, 0.4) is 0 Å². The minimum absolute atomic E-state index is 0.145. The maximum atomic E-state index is 12.5. The van der Waals surface area contributed by atoms with Crippen LogP contribution < -0.4 is 4.74 Å². The molecule has 0 radical (unpaired) electrons. The van der Waals surface area contributed by atoms with Gasteiger partial charge in [-0.15, -0.1) is 0 Å². The van der Waals surface area contributed by atoms with Crippen LogP contribution in [0.1, 0.15) is 27.0 Å². The Morgan fingerprint density at radius 3 is 2.50 bits per heavy atom. The van der Waals surface area contributed by atoms with Gasteiger partial charge in [-0.3, -0.25) is 14.5 Å². The number of ketones is 2. The Bertz CT molecular complexity index is 1060. The van der Waals surface area contributed by atoms with Crippen molar-refractivity contribution < 1.29 is 19.4 Å². The Hall–Kier alpha value is -3.28. The maximum Gasteiger partial charge on any atom is 0.188 e. The fraction of sp³-hybridized carbons (Fsp3) is 0.200. The molecule has 0 unspecified atom stereocenters. The molecule has 0 saturated heterocycles. The second kappa shape index (κ2) is 9.03. The van der Waals surface area contributed by atoms with E-state index < -0.39 is 6.61 Å². The Kier molecular flexibility index (Phi) is 6.02. The van der Waals surface area contributed by atoms with Crippen LogP contribution in [0, 0.1) is 0 Å². The number of Topliss-reactive ketones (excluding diaryl/α,β-unsaturated/α-hetero) is 2. The first-order valence-electron chi connectivity index (χ1n) is 9.92. The van der Waals surface area contributed by atoms with Gasteiger partial charge in [0.15, 0.2) is 11.6 Å². The van der Waals surface area contributed by atoms with Crippen LogP contribution in [0.15, 0.2) is 72.8 Å². The zero-order valence-corrected chi connectivity index (χ0v) is 16.6. The first-order chi connectivity index (χ1) is 14.6. The summed E-state index contributed by atoms with van der Waals surface area (Å²) in [7, 11) is 0. The lowest BCUT2D eigenvalue weighted by atomic mass is 9.99.